The number of nitrogens with zero attached hydrogens (tertiary/aromatic N) is 4. The molecule has 4 heterocycles. The van der Waals surface area contributed by atoms with Gasteiger partial charge in [0.2, 0.25) is 12.3 Å². The number of halogens is 1. The summed E-state index contributed by atoms with van der Waals surface area (Å²) in [5.74, 6) is 0.100. The third-order valence-corrected chi connectivity index (χ3v) is 7.63. The van der Waals surface area contributed by atoms with Crippen LogP contribution in [0.2, 0.25) is 0 Å². The second kappa shape index (κ2) is 9.31. The molecule has 6 rings (SSSR count). The van der Waals surface area contributed by atoms with Crippen LogP contribution in [0.5, 0.6) is 0 Å². The molecule has 0 aliphatic carbocycles. The number of aryl methyl sites for hydroxylation is 1. The molecule has 9 heteroatoms. The van der Waals surface area contributed by atoms with Gasteiger partial charge in [-0.05, 0) is 56.0 Å². The van der Waals surface area contributed by atoms with Gasteiger partial charge in [0.15, 0.2) is 0 Å². The lowest BCUT2D eigenvalue weighted by Gasteiger charge is -2.38. The molecule has 0 bridgehead atoms. The Balaban J connectivity index is 1.42. The summed E-state index contributed by atoms with van der Waals surface area (Å²) in [6.45, 7) is 2.42. The van der Waals surface area contributed by atoms with E-state index in [-0.39, 0.29) is 17.8 Å². The maximum atomic E-state index is 14.1. The fraction of sp³-hybridized carbons (Fsp3) is 0.259. The SMILES string of the molecule is Cc1nc(C(=O)N2CCCCC2[C@@H](c2cc3ccccc3o2)c2nnco2)c(-c2cccc(F)c2)s1. The fourth-order valence-corrected chi connectivity index (χ4v) is 5.94. The molecule has 1 fully saturated rings. The van der Waals surface area contributed by atoms with Crippen LogP contribution in [0.15, 0.2) is 69.8 Å². The molecule has 36 heavy (non-hydrogen) atoms. The lowest BCUT2D eigenvalue weighted by Crippen LogP contribution is -2.47. The van der Waals surface area contributed by atoms with Crippen LogP contribution < -0.4 is 0 Å². The van der Waals surface area contributed by atoms with E-state index in [1.54, 1.807) is 12.1 Å². The van der Waals surface area contributed by atoms with E-state index >= 15 is 0 Å². The molecule has 5 aromatic rings. The van der Waals surface area contributed by atoms with Crippen molar-refractivity contribution in [1.29, 1.82) is 0 Å². The van der Waals surface area contributed by atoms with Gasteiger partial charge in [-0.25, -0.2) is 9.37 Å². The quantitative estimate of drug-likeness (QED) is 0.284. The third kappa shape index (κ3) is 4.09. The predicted molar refractivity (Wildman–Crippen MR) is 133 cm³/mol. The molecule has 1 aliphatic heterocycles. The minimum absolute atomic E-state index is 0.191. The van der Waals surface area contributed by atoms with E-state index in [4.69, 9.17) is 8.83 Å². The van der Waals surface area contributed by atoms with Gasteiger partial charge < -0.3 is 13.7 Å². The summed E-state index contributed by atoms with van der Waals surface area (Å²) in [4.78, 5) is 21.2. The molecule has 1 unspecified atom stereocenters. The lowest BCUT2D eigenvalue weighted by molar-refractivity contribution is 0.0564. The Hall–Kier alpha value is -3.85. The van der Waals surface area contributed by atoms with Gasteiger partial charge in [0.1, 0.15) is 28.8 Å². The van der Waals surface area contributed by atoms with Crippen LogP contribution >= 0.6 is 11.3 Å². The van der Waals surface area contributed by atoms with Crippen molar-refractivity contribution in [2.45, 2.75) is 38.1 Å². The van der Waals surface area contributed by atoms with Crippen molar-refractivity contribution in [3.8, 4) is 10.4 Å². The molecule has 3 aromatic heterocycles. The van der Waals surface area contributed by atoms with Gasteiger partial charge in [0.25, 0.3) is 5.91 Å². The van der Waals surface area contributed by atoms with Crippen molar-refractivity contribution in [2.75, 3.05) is 6.54 Å². The summed E-state index contributed by atoms with van der Waals surface area (Å²) in [7, 11) is 0. The van der Waals surface area contributed by atoms with Crippen molar-refractivity contribution in [2.24, 2.45) is 0 Å². The van der Waals surface area contributed by atoms with E-state index in [9.17, 15) is 9.18 Å². The van der Waals surface area contributed by atoms with E-state index in [0.29, 0.717) is 34.3 Å². The number of carbonyl (C=O) groups excluding carboxylic acids is 1. The number of amides is 1. The van der Waals surface area contributed by atoms with Crippen LogP contribution in [0.25, 0.3) is 21.4 Å². The number of likely N-dealkylation sites (tertiary alicyclic amines) is 1. The number of fused-ring (bicyclic) bond motifs is 1. The van der Waals surface area contributed by atoms with Gasteiger partial charge in [0.05, 0.1) is 15.9 Å². The van der Waals surface area contributed by atoms with Crippen molar-refractivity contribution in [3.05, 3.63) is 89.2 Å². The van der Waals surface area contributed by atoms with Crippen LogP contribution in [0.1, 0.15) is 52.3 Å². The molecule has 1 amide bonds. The second-order valence-corrected chi connectivity index (χ2v) is 10.1. The molecule has 7 nitrogen and oxygen atoms in total. The van der Waals surface area contributed by atoms with E-state index < -0.39 is 5.92 Å². The monoisotopic (exact) mass is 502 g/mol. The van der Waals surface area contributed by atoms with Crippen LogP contribution in [0, 0.1) is 12.7 Å². The first-order chi connectivity index (χ1) is 17.6. The number of carbonyl (C=O) groups is 1. The summed E-state index contributed by atoms with van der Waals surface area (Å²) in [5.41, 5.74) is 1.74. The van der Waals surface area contributed by atoms with Crippen molar-refractivity contribution in [1.82, 2.24) is 20.1 Å². The Bertz CT molecular complexity index is 1490. The van der Waals surface area contributed by atoms with Gasteiger partial charge in [-0.2, -0.15) is 0 Å². The summed E-state index contributed by atoms with van der Waals surface area (Å²) in [6, 6.07) is 15.8. The van der Waals surface area contributed by atoms with Crippen molar-refractivity contribution < 1.29 is 18.0 Å². The standard InChI is InChI=1S/C27H23FN4O3S/c1-16-30-24(25(36-16)18-8-6-9-19(28)13-18)27(33)32-12-5-4-10-20(32)23(26-31-29-15-34-26)22-14-17-7-2-3-11-21(17)35-22/h2-3,6-9,11,13-15,20,23H,4-5,10,12H2,1H3/t20?,23-/m0/s1. The first-order valence-corrected chi connectivity index (χ1v) is 12.7. The van der Waals surface area contributed by atoms with Crippen LogP contribution in [0.4, 0.5) is 4.39 Å². The van der Waals surface area contributed by atoms with Gasteiger partial charge in [-0.1, -0.05) is 30.3 Å². The lowest BCUT2D eigenvalue weighted by atomic mass is 9.87. The third-order valence-electron chi connectivity index (χ3n) is 6.61. The van der Waals surface area contributed by atoms with E-state index in [1.165, 1.54) is 29.9 Å². The highest BCUT2D eigenvalue weighted by atomic mass is 32.1. The minimum atomic E-state index is -0.429. The number of hydrogen-bond acceptors (Lipinski definition) is 7. The number of para-hydroxylation sites is 1. The Morgan fingerprint density at radius 1 is 1.17 bits per heavy atom. The number of benzene rings is 2. The van der Waals surface area contributed by atoms with Gasteiger partial charge in [-0.15, -0.1) is 21.5 Å². The molecule has 0 spiro atoms. The summed E-state index contributed by atoms with van der Waals surface area (Å²) in [5, 5.41) is 9.83. The number of piperidine rings is 1. The second-order valence-electron chi connectivity index (χ2n) is 8.92. The zero-order chi connectivity index (χ0) is 24.6. The fourth-order valence-electron chi connectivity index (χ4n) is 5.04. The smallest absolute Gasteiger partial charge is 0.274 e. The average Bonchev–Trinajstić information content (AvgIpc) is 3.64. The van der Waals surface area contributed by atoms with Gasteiger partial charge in [-0.3, -0.25) is 4.79 Å². The number of furan rings is 1. The number of hydrogen-bond donors (Lipinski definition) is 0. The number of thiazole rings is 1. The van der Waals surface area contributed by atoms with Crippen LogP contribution in [-0.4, -0.2) is 38.6 Å². The molecule has 182 valence electrons. The maximum Gasteiger partial charge on any atom is 0.274 e. The van der Waals surface area contributed by atoms with Crippen LogP contribution in [-0.2, 0) is 0 Å². The first kappa shape index (κ1) is 22.6. The highest BCUT2D eigenvalue weighted by Gasteiger charge is 2.40. The zero-order valence-corrected chi connectivity index (χ0v) is 20.4. The molecule has 0 saturated carbocycles. The van der Waals surface area contributed by atoms with Crippen LogP contribution in [0.3, 0.4) is 0 Å². The summed E-state index contributed by atoms with van der Waals surface area (Å²) >= 11 is 1.39. The summed E-state index contributed by atoms with van der Waals surface area (Å²) < 4.78 is 25.9. The van der Waals surface area contributed by atoms with E-state index in [2.05, 4.69) is 15.2 Å². The molecule has 0 N–H and O–H groups in total. The van der Waals surface area contributed by atoms with Crippen molar-refractivity contribution >= 4 is 28.2 Å². The number of rotatable bonds is 5. The molecule has 2 aromatic carbocycles. The first-order valence-electron chi connectivity index (χ1n) is 11.9. The zero-order valence-electron chi connectivity index (χ0n) is 19.6. The largest absolute Gasteiger partial charge is 0.460 e. The van der Waals surface area contributed by atoms with Gasteiger partial charge >= 0.3 is 0 Å². The average molecular weight is 503 g/mol. The molecular weight excluding hydrogens is 479 g/mol. The minimum Gasteiger partial charge on any atom is -0.460 e. The Kier molecular flexibility index (Phi) is 5.85. The maximum absolute atomic E-state index is 14.1. The predicted octanol–water partition coefficient (Wildman–Crippen LogP) is 6.21. The van der Waals surface area contributed by atoms with Crippen molar-refractivity contribution in [3.63, 3.8) is 0 Å². The normalized spacial score (nSPS) is 16.9. The van der Waals surface area contributed by atoms with Gasteiger partial charge in [0, 0.05) is 11.9 Å². The Morgan fingerprint density at radius 2 is 2.06 bits per heavy atom. The molecular formula is C27H23FN4O3S. The molecule has 1 aliphatic rings. The highest BCUT2D eigenvalue weighted by molar-refractivity contribution is 7.15. The highest BCUT2D eigenvalue weighted by Crippen LogP contribution is 2.39. The topological polar surface area (TPSA) is 85.3 Å². The van der Waals surface area contributed by atoms with E-state index in [0.717, 1.165) is 35.2 Å². The Labute approximate surface area is 210 Å². The van der Waals surface area contributed by atoms with E-state index in [1.807, 2.05) is 42.2 Å². The summed E-state index contributed by atoms with van der Waals surface area (Å²) in [6.07, 6.45) is 3.86. The molecule has 1 saturated heterocycles. The molecule has 0 radical (unpaired) electrons. The number of aromatic nitrogens is 3. The molecule has 2 atom stereocenters. The Morgan fingerprint density at radius 3 is 2.86 bits per heavy atom.